The molecule has 3 aromatic carbocycles. The summed E-state index contributed by atoms with van der Waals surface area (Å²) < 4.78 is 45.0. The predicted octanol–water partition coefficient (Wildman–Crippen LogP) is 6.67. The minimum Gasteiger partial charge on any atom is -0.487 e. The first-order valence-electron chi connectivity index (χ1n) is 12.7. The van der Waals surface area contributed by atoms with Crippen molar-refractivity contribution in [2.45, 2.75) is 64.3 Å². The first-order valence-corrected chi connectivity index (χ1v) is 12.7. The number of carbonyl (C=O) groups excluding carboxylic acids is 1. The minimum atomic E-state index is -4.48. The highest BCUT2D eigenvalue weighted by Gasteiger charge is 2.36. The van der Waals surface area contributed by atoms with Crippen molar-refractivity contribution in [2.24, 2.45) is 0 Å². The molecular weight excluding hydrogens is 507 g/mol. The lowest BCUT2D eigenvalue weighted by atomic mass is 9.85. The van der Waals surface area contributed by atoms with Crippen LogP contribution in [0.15, 0.2) is 66.7 Å². The zero-order chi connectivity index (χ0) is 28.6. The lowest BCUT2D eigenvalue weighted by molar-refractivity contribution is -0.138. The number of hydrogen-bond donors (Lipinski definition) is 1. The fraction of sp³-hybridized carbons (Fsp3) is 0.355. The van der Waals surface area contributed by atoms with E-state index in [4.69, 9.17) is 4.74 Å². The summed E-state index contributed by atoms with van der Waals surface area (Å²) in [6.45, 7) is 7.79. The second kappa shape index (κ2) is 10.4. The Morgan fingerprint density at radius 3 is 2.08 bits per heavy atom. The van der Waals surface area contributed by atoms with Gasteiger partial charge < -0.3 is 14.7 Å². The van der Waals surface area contributed by atoms with Gasteiger partial charge in [0.05, 0.1) is 5.56 Å². The Hall–Kier alpha value is -3.81. The van der Waals surface area contributed by atoms with Gasteiger partial charge in [0.1, 0.15) is 17.9 Å². The molecule has 0 unspecified atom stereocenters. The number of rotatable bonds is 7. The standard InChI is InChI=1S/C31H32F3NO4/c1-29(2,3)24-10-5-20(6-11-24)16-30(4)17-23-15-22(9-14-26(23)39-30)28(38)35(19-27(36)37)18-21-7-12-25(13-8-21)31(32,33)34/h5-15H,16-19H2,1-4H3,(H,36,37)/t30-/m1/s1. The fourth-order valence-electron chi connectivity index (χ4n) is 4.87. The number of benzene rings is 3. The first-order chi connectivity index (χ1) is 18.1. The molecule has 0 spiro atoms. The van der Waals surface area contributed by atoms with Gasteiger partial charge in [-0.3, -0.25) is 9.59 Å². The maximum Gasteiger partial charge on any atom is 0.416 e. The molecule has 0 bridgehead atoms. The fourth-order valence-corrected chi connectivity index (χ4v) is 4.87. The summed E-state index contributed by atoms with van der Waals surface area (Å²) in [5.74, 6) is -1.07. The molecule has 1 heterocycles. The van der Waals surface area contributed by atoms with E-state index in [9.17, 15) is 27.9 Å². The predicted molar refractivity (Wildman–Crippen MR) is 142 cm³/mol. The Balaban J connectivity index is 1.49. The number of halogens is 3. The number of nitrogens with zero attached hydrogens (tertiary/aromatic N) is 1. The Bertz CT molecular complexity index is 1360. The summed E-state index contributed by atoms with van der Waals surface area (Å²) in [4.78, 5) is 25.9. The maximum atomic E-state index is 13.3. The molecule has 0 fully saturated rings. The highest BCUT2D eigenvalue weighted by Crippen LogP contribution is 2.38. The lowest BCUT2D eigenvalue weighted by Gasteiger charge is -2.25. The third-order valence-electron chi connectivity index (χ3n) is 6.89. The van der Waals surface area contributed by atoms with Crippen LogP contribution >= 0.6 is 0 Å². The average Bonchev–Trinajstić information content (AvgIpc) is 3.17. The van der Waals surface area contributed by atoms with E-state index in [1.807, 2.05) is 6.92 Å². The van der Waals surface area contributed by atoms with Crippen LogP contribution in [0, 0.1) is 0 Å². The molecule has 0 aromatic heterocycles. The van der Waals surface area contributed by atoms with E-state index in [1.165, 1.54) is 17.7 Å². The maximum absolute atomic E-state index is 13.3. The number of carboxylic acids is 1. The molecular formula is C31H32F3NO4. The molecule has 0 saturated carbocycles. The van der Waals surface area contributed by atoms with Gasteiger partial charge in [-0.05, 0) is 64.9 Å². The SMILES string of the molecule is CC(C)(C)c1ccc(C[C@]2(C)Cc3cc(C(=O)N(CC(=O)O)Cc4ccc(C(F)(F)F)cc4)ccc3O2)cc1. The van der Waals surface area contributed by atoms with E-state index in [2.05, 4.69) is 45.0 Å². The molecule has 0 radical (unpaired) electrons. The van der Waals surface area contributed by atoms with E-state index in [1.54, 1.807) is 18.2 Å². The number of alkyl halides is 3. The van der Waals surface area contributed by atoms with Crippen LogP contribution < -0.4 is 4.74 Å². The van der Waals surface area contributed by atoms with Crippen LogP contribution in [0.5, 0.6) is 5.75 Å². The molecule has 5 nitrogen and oxygen atoms in total. The monoisotopic (exact) mass is 539 g/mol. The number of ether oxygens (including phenoxy) is 1. The molecule has 3 aromatic rings. The summed E-state index contributed by atoms with van der Waals surface area (Å²) in [6, 6.07) is 17.8. The van der Waals surface area contributed by atoms with E-state index in [0.29, 0.717) is 29.7 Å². The van der Waals surface area contributed by atoms with Crippen LogP contribution in [0.1, 0.15) is 65.9 Å². The van der Waals surface area contributed by atoms with Gasteiger partial charge in [0.15, 0.2) is 0 Å². The summed E-state index contributed by atoms with van der Waals surface area (Å²) >= 11 is 0. The number of carbonyl (C=O) groups is 2. The Morgan fingerprint density at radius 1 is 0.923 bits per heavy atom. The van der Waals surface area contributed by atoms with Crippen molar-refractivity contribution in [1.29, 1.82) is 0 Å². The van der Waals surface area contributed by atoms with Crippen LogP contribution in [0.3, 0.4) is 0 Å². The Morgan fingerprint density at radius 2 is 1.51 bits per heavy atom. The number of amides is 1. The number of aliphatic carboxylic acids is 1. The van der Waals surface area contributed by atoms with Crippen LogP contribution in [-0.2, 0) is 35.8 Å². The van der Waals surface area contributed by atoms with Gasteiger partial charge in [-0.2, -0.15) is 13.2 Å². The third kappa shape index (κ3) is 6.80. The Kier molecular flexibility index (Phi) is 7.52. The summed E-state index contributed by atoms with van der Waals surface area (Å²) in [7, 11) is 0. The summed E-state index contributed by atoms with van der Waals surface area (Å²) in [6.07, 6.45) is -3.23. The van der Waals surface area contributed by atoms with Crippen molar-refractivity contribution >= 4 is 11.9 Å². The highest BCUT2D eigenvalue weighted by atomic mass is 19.4. The average molecular weight is 540 g/mol. The van der Waals surface area contributed by atoms with Gasteiger partial charge in [0.2, 0.25) is 0 Å². The lowest BCUT2D eigenvalue weighted by Crippen LogP contribution is -2.35. The van der Waals surface area contributed by atoms with E-state index < -0.39 is 35.8 Å². The minimum absolute atomic E-state index is 0.0620. The first kappa shape index (κ1) is 28.2. The zero-order valence-corrected chi connectivity index (χ0v) is 22.4. The Labute approximate surface area is 226 Å². The highest BCUT2D eigenvalue weighted by molar-refractivity contribution is 5.96. The third-order valence-corrected chi connectivity index (χ3v) is 6.89. The van der Waals surface area contributed by atoms with Crippen molar-refractivity contribution in [3.05, 3.63) is 100 Å². The molecule has 39 heavy (non-hydrogen) atoms. The van der Waals surface area contributed by atoms with E-state index in [-0.39, 0.29) is 12.0 Å². The van der Waals surface area contributed by atoms with Crippen LogP contribution in [-0.4, -0.2) is 34.0 Å². The second-order valence-electron chi connectivity index (χ2n) is 11.4. The molecule has 4 rings (SSSR count). The largest absolute Gasteiger partial charge is 0.487 e. The second-order valence-corrected chi connectivity index (χ2v) is 11.4. The molecule has 8 heteroatoms. The molecule has 0 aliphatic carbocycles. The number of fused-ring (bicyclic) bond motifs is 1. The summed E-state index contributed by atoms with van der Waals surface area (Å²) in [5.41, 5.74) is 2.67. The topological polar surface area (TPSA) is 66.8 Å². The number of hydrogen-bond acceptors (Lipinski definition) is 3. The smallest absolute Gasteiger partial charge is 0.416 e. The van der Waals surface area contributed by atoms with Crippen molar-refractivity contribution in [3.8, 4) is 5.75 Å². The zero-order valence-electron chi connectivity index (χ0n) is 22.4. The number of carboxylic acid groups (broad SMARTS) is 1. The van der Waals surface area contributed by atoms with E-state index >= 15 is 0 Å². The molecule has 1 atom stereocenters. The van der Waals surface area contributed by atoms with Crippen LogP contribution in [0.25, 0.3) is 0 Å². The summed E-state index contributed by atoms with van der Waals surface area (Å²) in [5, 5.41) is 9.37. The van der Waals surface area contributed by atoms with Gasteiger partial charge in [0.25, 0.3) is 5.91 Å². The molecule has 0 saturated heterocycles. The van der Waals surface area contributed by atoms with E-state index in [0.717, 1.165) is 28.2 Å². The van der Waals surface area contributed by atoms with Gasteiger partial charge in [-0.1, -0.05) is 57.2 Å². The van der Waals surface area contributed by atoms with Gasteiger partial charge in [-0.25, -0.2) is 0 Å². The van der Waals surface area contributed by atoms with Crippen molar-refractivity contribution in [3.63, 3.8) is 0 Å². The normalized spacial score (nSPS) is 16.9. The molecule has 1 amide bonds. The van der Waals surface area contributed by atoms with Gasteiger partial charge in [-0.15, -0.1) is 0 Å². The van der Waals surface area contributed by atoms with Crippen LogP contribution in [0.2, 0.25) is 0 Å². The van der Waals surface area contributed by atoms with Gasteiger partial charge >= 0.3 is 12.1 Å². The molecule has 206 valence electrons. The van der Waals surface area contributed by atoms with Crippen molar-refractivity contribution in [2.75, 3.05) is 6.54 Å². The molecule has 1 aliphatic heterocycles. The molecule has 1 aliphatic rings. The van der Waals surface area contributed by atoms with Crippen LogP contribution in [0.4, 0.5) is 13.2 Å². The molecule has 1 N–H and O–H groups in total. The van der Waals surface area contributed by atoms with Crippen molar-refractivity contribution < 1.29 is 32.6 Å². The van der Waals surface area contributed by atoms with Crippen molar-refractivity contribution in [1.82, 2.24) is 4.90 Å². The van der Waals surface area contributed by atoms with Gasteiger partial charge in [0, 0.05) is 24.9 Å². The quantitative estimate of drug-likeness (QED) is 0.364.